The Morgan fingerprint density at radius 1 is 1.56 bits per heavy atom. The summed E-state index contributed by atoms with van der Waals surface area (Å²) in [6.45, 7) is 1.74. The van der Waals surface area contributed by atoms with Gasteiger partial charge in [-0.15, -0.1) is 11.3 Å². The maximum absolute atomic E-state index is 11.5. The van der Waals surface area contributed by atoms with Crippen LogP contribution in [0.3, 0.4) is 0 Å². The average Bonchev–Trinajstić information content (AvgIpc) is 2.58. The van der Waals surface area contributed by atoms with E-state index in [1.165, 1.54) is 18.3 Å². The summed E-state index contributed by atoms with van der Waals surface area (Å²) in [5.41, 5.74) is 0. The number of halogens is 1. The van der Waals surface area contributed by atoms with E-state index in [2.05, 4.69) is 21.2 Å². The number of hydrogen-bond donors (Lipinski definition) is 1. The first-order chi connectivity index (χ1) is 7.30. The number of rotatable bonds is 4. The van der Waals surface area contributed by atoms with Crippen molar-refractivity contribution in [3.8, 4) is 0 Å². The Bertz CT molecular complexity index is 481. The molecule has 1 N–H and O–H groups in total. The molecule has 90 valence electrons. The van der Waals surface area contributed by atoms with Gasteiger partial charge >= 0.3 is 0 Å². The molecule has 0 aliphatic carbocycles. The number of carbonyl (C=O) groups is 1. The lowest BCUT2D eigenvalue weighted by molar-refractivity contribution is -0.120. The molecule has 0 aliphatic heterocycles. The third-order valence-corrected chi connectivity index (χ3v) is 5.20. The van der Waals surface area contributed by atoms with E-state index in [-0.39, 0.29) is 0 Å². The molecule has 0 aromatic carbocycles. The molecule has 16 heavy (non-hydrogen) atoms. The molecule has 0 saturated heterocycles. The Morgan fingerprint density at radius 2 is 2.19 bits per heavy atom. The van der Waals surface area contributed by atoms with Gasteiger partial charge in [-0.2, -0.15) is 0 Å². The zero-order valence-corrected chi connectivity index (χ0v) is 12.1. The molecule has 7 heteroatoms. The summed E-state index contributed by atoms with van der Waals surface area (Å²) in [5.74, 6) is -0.466. The van der Waals surface area contributed by atoms with Crippen molar-refractivity contribution in [3.05, 3.63) is 20.8 Å². The molecular weight excluding hydrogens is 314 g/mol. The second-order valence-electron chi connectivity index (χ2n) is 3.40. The molecule has 0 aliphatic rings. The number of nitrogens with one attached hydrogen (secondary N) is 1. The smallest absolute Gasteiger partial charge is 0.238 e. The minimum Gasteiger partial charge on any atom is -0.350 e. The van der Waals surface area contributed by atoms with Crippen LogP contribution < -0.4 is 5.32 Å². The van der Waals surface area contributed by atoms with Crippen molar-refractivity contribution in [3.63, 3.8) is 0 Å². The van der Waals surface area contributed by atoms with E-state index < -0.39 is 21.0 Å². The average molecular weight is 326 g/mol. The first-order valence-electron chi connectivity index (χ1n) is 4.51. The maximum Gasteiger partial charge on any atom is 0.238 e. The summed E-state index contributed by atoms with van der Waals surface area (Å²) in [6, 6.07) is 3.76. The third kappa shape index (κ3) is 3.88. The fraction of sp³-hybridized carbons (Fsp3) is 0.444. The molecule has 0 bridgehead atoms. The van der Waals surface area contributed by atoms with Gasteiger partial charge in [0.1, 0.15) is 5.25 Å². The second kappa shape index (κ2) is 5.29. The summed E-state index contributed by atoms with van der Waals surface area (Å²) >= 11 is 4.81. The molecule has 4 nitrogen and oxygen atoms in total. The topological polar surface area (TPSA) is 63.2 Å². The predicted octanol–water partition coefficient (Wildman–Crippen LogP) is 1.56. The first-order valence-corrected chi connectivity index (χ1v) is 8.08. The molecule has 1 atom stereocenters. The molecule has 1 aromatic rings. The van der Waals surface area contributed by atoms with Crippen LogP contribution in [-0.2, 0) is 21.2 Å². The van der Waals surface area contributed by atoms with Gasteiger partial charge in [0.25, 0.3) is 0 Å². The molecule has 0 saturated carbocycles. The Morgan fingerprint density at radius 3 is 2.62 bits per heavy atom. The normalized spacial score (nSPS) is 13.4. The molecule has 1 amide bonds. The van der Waals surface area contributed by atoms with Gasteiger partial charge in [-0.25, -0.2) is 8.42 Å². The molecule has 0 fully saturated rings. The van der Waals surface area contributed by atoms with Crippen molar-refractivity contribution in [2.45, 2.75) is 18.7 Å². The van der Waals surface area contributed by atoms with Gasteiger partial charge in [0, 0.05) is 11.1 Å². The van der Waals surface area contributed by atoms with Crippen molar-refractivity contribution in [2.24, 2.45) is 0 Å². The van der Waals surface area contributed by atoms with Crippen LogP contribution in [0.5, 0.6) is 0 Å². The molecule has 0 radical (unpaired) electrons. The van der Waals surface area contributed by atoms with Crippen LogP contribution in [0.25, 0.3) is 0 Å². The molecule has 1 aromatic heterocycles. The van der Waals surface area contributed by atoms with Crippen LogP contribution >= 0.6 is 27.3 Å². The van der Waals surface area contributed by atoms with Crippen molar-refractivity contribution in [1.29, 1.82) is 0 Å². The van der Waals surface area contributed by atoms with E-state index in [0.29, 0.717) is 6.54 Å². The molecule has 0 spiro atoms. The maximum atomic E-state index is 11.5. The second-order valence-corrected chi connectivity index (χ2v) is 8.31. The summed E-state index contributed by atoms with van der Waals surface area (Å²) in [6.07, 6.45) is 1.05. The number of hydrogen-bond acceptors (Lipinski definition) is 4. The van der Waals surface area contributed by atoms with Gasteiger partial charge in [-0.05, 0) is 35.0 Å². The summed E-state index contributed by atoms with van der Waals surface area (Å²) in [4.78, 5) is 12.4. The van der Waals surface area contributed by atoms with E-state index in [1.807, 2.05) is 12.1 Å². The first kappa shape index (κ1) is 13.7. The van der Waals surface area contributed by atoms with Crippen LogP contribution in [-0.4, -0.2) is 25.8 Å². The van der Waals surface area contributed by atoms with Crippen LogP contribution in [0.2, 0.25) is 0 Å². The lowest BCUT2D eigenvalue weighted by Crippen LogP contribution is -2.36. The van der Waals surface area contributed by atoms with Crippen LogP contribution in [0.15, 0.2) is 15.9 Å². The van der Waals surface area contributed by atoms with E-state index >= 15 is 0 Å². The van der Waals surface area contributed by atoms with E-state index in [9.17, 15) is 13.2 Å². The predicted molar refractivity (Wildman–Crippen MR) is 68.2 cm³/mol. The minimum absolute atomic E-state index is 0.356. The third-order valence-electron chi connectivity index (χ3n) is 2.08. The van der Waals surface area contributed by atoms with Gasteiger partial charge in [-0.1, -0.05) is 0 Å². The SMILES string of the molecule is CC(C(=O)NCc1ccc(Br)s1)S(C)(=O)=O. The highest BCUT2D eigenvalue weighted by Crippen LogP contribution is 2.21. The highest BCUT2D eigenvalue weighted by molar-refractivity contribution is 9.11. The van der Waals surface area contributed by atoms with Gasteiger partial charge in [0.2, 0.25) is 5.91 Å². The monoisotopic (exact) mass is 325 g/mol. The fourth-order valence-electron chi connectivity index (χ4n) is 0.959. The Hall–Kier alpha value is -0.400. The van der Waals surface area contributed by atoms with Gasteiger partial charge < -0.3 is 5.32 Å². The summed E-state index contributed by atoms with van der Waals surface area (Å²) in [7, 11) is -3.32. The standard InChI is InChI=1S/C9H12BrNO3S2/c1-6(16(2,13)14)9(12)11-5-7-3-4-8(10)15-7/h3-4,6H,5H2,1-2H3,(H,11,12). The molecule has 1 unspecified atom stereocenters. The van der Waals surface area contributed by atoms with E-state index in [0.717, 1.165) is 14.9 Å². The van der Waals surface area contributed by atoms with Gasteiger partial charge in [-0.3, -0.25) is 4.79 Å². The Balaban J connectivity index is 2.54. The lowest BCUT2D eigenvalue weighted by atomic mass is 10.4. The molecular formula is C9H12BrNO3S2. The van der Waals surface area contributed by atoms with Crippen molar-refractivity contribution < 1.29 is 13.2 Å². The zero-order valence-electron chi connectivity index (χ0n) is 8.86. The van der Waals surface area contributed by atoms with Gasteiger partial charge in [0.05, 0.1) is 10.3 Å². The number of amides is 1. The minimum atomic E-state index is -3.32. The van der Waals surface area contributed by atoms with Crippen LogP contribution in [0.4, 0.5) is 0 Å². The Kier molecular flexibility index (Phi) is 4.52. The number of thiophene rings is 1. The van der Waals surface area contributed by atoms with E-state index in [1.54, 1.807) is 0 Å². The van der Waals surface area contributed by atoms with Crippen molar-refractivity contribution in [2.75, 3.05) is 6.26 Å². The summed E-state index contributed by atoms with van der Waals surface area (Å²) < 4.78 is 23.2. The van der Waals surface area contributed by atoms with Crippen LogP contribution in [0.1, 0.15) is 11.8 Å². The lowest BCUT2D eigenvalue weighted by Gasteiger charge is -2.09. The van der Waals surface area contributed by atoms with Crippen LogP contribution in [0, 0.1) is 0 Å². The molecule has 1 rings (SSSR count). The Labute approximate surface area is 107 Å². The largest absolute Gasteiger partial charge is 0.350 e. The van der Waals surface area contributed by atoms with Crippen molar-refractivity contribution in [1.82, 2.24) is 5.32 Å². The number of sulfone groups is 1. The highest BCUT2D eigenvalue weighted by atomic mass is 79.9. The van der Waals surface area contributed by atoms with Crippen molar-refractivity contribution >= 4 is 43.0 Å². The van der Waals surface area contributed by atoms with E-state index in [4.69, 9.17) is 0 Å². The quantitative estimate of drug-likeness (QED) is 0.913. The fourth-order valence-corrected chi connectivity index (χ4v) is 2.85. The zero-order chi connectivity index (χ0) is 12.3. The van der Waals surface area contributed by atoms with Gasteiger partial charge in [0.15, 0.2) is 9.84 Å². The molecule has 1 heterocycles. The number of carbonyl (C=O) groups excluding carboxylic acids is 1. The summed E-state index contributed by atoms with van der Waals surface area (Å²) in [5, 5.41) is 1.59. The highest BCUT2D eigenvalue weighted by Gasteiger charge is 2.22.